The third-order valence-corrected chi connectivity index (χ3v) is 4.95. The Hall–Kier alpha value is -2.09. The lowest BCUT2D eigenvalue weighted by molar-refractivity contribution is 0.722. The van der Waals surface area contributed by atoms with Crippen molar-refractivity contribution >= 4 is 29.0 Å². The summed E-state index contributed by atoms with van der Waals surface area (Å²) in [6.07, 6.45) is 0.594. The summed E-state index contributed by atoms with van der Waals surface area (Å²) in [6, 6.07) is 24.4. The Balaban J connectivity index is 2.18. The molecule has 3 heteroatoms. The van der Waals surface area contributed by atoms with Crippen LogP contribution in [0.2, 0.25) is 10.0 Å². The van der Waals surface area contributed by atoms with Crippen molar-refractivity contribution in [3.05, 3.63) is 111 Å². The molecule has 26 heavy (non-hydrogen) atoms. The lowest BCUT2D eigenvalue weighted by Crippen LogP contribution is -2.06. The zero-order chi connectivity index (χ0) is 18.5. The van der Waals surface area contributed by atoms with Crippen LogP contribution in [-0.4, -0.2) is 0 Å². The number of hydrogen-bond donors (Lipinski definition) is 0. The number of hydrogen-bond acceptors (Lipinski definition) is 0. The summed E-state index contributed by atoms with van der Waals surface area (Å²) in [7, 11) is 0. The molecule has 0 unspecified atom stereocenters. The van der Waals surface area contributed by atoms with E-state index in [4.69, 9.17) is 23.2 Å². The Kier molecular flexibility index (Phi) is 6.13. The molecular formula is C23H19Cl2F. The maximum atomic E-state index is 15.4. The minimum Gasteiger partial charge on any atom is -0.206 e. The molecule has 3 aromatic rings. The predicted octanol–water partition coefficient (Wildman–Crippen LogP) is 7.92. The molecule has 0 saturated heterocycles. The van der Waals surface area contributed by atoms with E-state index in [0.717, 1.165) is 16.7 Å². The van der Waals surface area contributed by atoms with E-state index in [2.05, 4.69) is 0 Å². The molecular weight excluding hydrogens is 366 g/mol. The summed E-state index contributed by atoms with van der Waals surface area (Å²) in [5.74, 6) is -0.377. The van der Waals surface area contributed by atoms with E-state index in [-0.39, 0.29) is 11.7 Å². The molecule has 0 aliphatic heterocycles. The van der Waals surface area contributed by atoms with Crippen molar-refractivity contribution < 1.29 is 4.39 Å². The van der Waals surface area contributed by atoms with Gasteiger partial charge in [-0.05, 0) is 47.4 Å². The molecule has 0 spiro atoms. The lowest BCUT2D eigenvalue weighted by atomic mass is 9.82. The van der Waals surface area contributed by atoms with E-state index in [0.29, 0.717) is 22.0 Å². The SMILES string of the molecule is CC/C(=C(\F)c1ccccc1)C(c1ccc(Cl)cc1)c1ccc(Cl)cc1. The van der Waals surface area contributed by atoms with Gasteiger partial charge < -0.3 is 0 Å². The molecule has 0 N–H and O–H groups in total. The molecule has 0 aliphatic rings. The zero-order valence-electron chi connectivity index (χ0n) is 14.4. The largest absolute Gasteiger partial charge is 0.206 e. The average Bonchev–Trinajstić information content (AvgIpc) is 2.68. The molecule has 0 aromatic heterocycles. The van der Waals surface area contributed by atoms with Crippen LogP contribution in [0.3, 0.4) is 0 Å². The summed E-state index contributed by atoms with van der Waals surface area (Å²) in [5.41, 5.74) is 3.33. The van der Waals surface area contributed by atoms with Crippen LogP contribution < -0.4 is 0 Å². The van der Waals surface area contributed by atoms with Crippen LogP contribution in [-0.2, 0) is 0 Å². The number of allylic oxidation sites excluding steroid dienone is 1. The number of rotatable bonds is 5. The standard InChI is InChI=1S/C23H19Cl2F/c1-2-21(23(26)18-6-4-3-5-7-18)22(16-8-12-19(24)13-9-16)17-10-14-20(25)15-11-17/h3-15,22H,2H2,1H3/b23-21+. The molecule has 0 radical (unpaired) electrons. The normalized spacial score (nSPS) is 12.2. The van der Waals surface area contributed by atoms with Crippen molar-refractivity contribution in [2.24, 2.45) is 0 Å². The second kappa shape index (κ2) is 8.53. The maximum absolute atomic E-state index is 15.4. The Morgan fingerprint density at radius 2 is 1.23 bits per heavy atom. The van der Waals surface area contributed by atoms with E-state index in [1.165, 1.54) is 0 Å². The van der Waals surface area contributed by atoms with Gasteiger partial charge in [0.15, 0.2) is 0 Å². The van der Waals surface area contributed by atoms with Crippen LogP contribution in [0.1, 0.15) is 36.0 Å². The van der Waals surface area contributed by atoms with Gasteiger partial charge in [-0.15, -0.1) is 0 Å². The first-order valence-electron chi connectivity index (χ1n) is 8.55. The molecule has 0 atom stereocenters. The molecule has 0 heterocycles. The molecule has 132 valence electrons. The van der Waals surface area contributed by atoms with E-state index < -0.39 is 0 Å². The van der Waals surface area contributed by atoms with Crippen molar-refractivity contribution in [2.75, 3.05) is 0 Å². The third-order valence-electron chi connectivity index (χ3n) is 4.45. The quantitative estimate of drug-likeness (QED) is 0.418. The van der Waals surface area contributed by atoms with Gasteiger partial charge in [-0.2, -0.15) is 0 Å². The maximum Gasteiger partial charge on any atom is 0.130 e. The van der Waals surface area contributed by atoms with Crippen molar-refractivity contribution in [3.8, 4) is 0 Å². The summed E-state index contributed by atoms with van der Waals surface area (Å²) in [6.45, 7) is 1.98. The first-order valence-corrected chi connectivity index (χ1v) is 9.30. The Bertz CT molecular complexity index is 836. The molecule has 3 rings (SSSR count). The summed E-state index contributed by atoms with van der Waals surface area (Å²) >= 11 is 12.1. The van der Waals surface area contributed by atoms with E-state index in [1.54, 1.807) is 12.1 Å². The van der Waals surface area contributed by atoms with Crippen molar-refractivity contribution in [2.45, 2.75) is 19.3 Å². The first kappa shape index (κ1) is 18.7. The molecule has 0 bridgehead atoms. The lowest BCUT2D eigenvalue weighted by Gasteiger charge is -2.22. The zero-order valence-corrected chi connectivity index (χ0v) is 15.9. The van der Waals surface area contributed by atoms with Gasteiger partial charge in [-0.25, -0.2) is 4.39 Å². The van der Waals surface area contributed by atoms with Crippen molar-refractivity contribution in [1.29, 1.82) is 0 Å². The van der Waals surface area contributed by atoms with Crippen LogP contribution in [0.4, 0.5) is 4.39 Å². The molecule has 0 aliphatic carbocycles. The monoisotopic (exact) mass is 384 g/mol. The van der Waals surface area contributed by atoms with Gasteiger partial charge in [0.25, 0.3) is 0 Å². The first-order chi connectivity index (χ1) is 12.6. The topological polar surface area (TPSA) is 0 Å². The minimum absolute atomic E-state index is 0.178. The van der Waals surface area contributed by atoms with Gasteiger partial charge in [-0.1, -0.05) is 84.7 Å². The van der Waals surface area contributed by atoms with Gasteiger partial charge in [0.2, 0.25) is 0 Å². The van der Waals surface area contributed by atoms with E-state index in [9.17, 15) is 0 Å². The minimum atomic E-state index is -0.199. The Morgan fingerprint density at radius 1 is 0.769 bits per heavy atom. The average molecular weight is 385 g/mol. The number of halogens is 3. The highest BCUT2D eigenvalue weighted by Gasteiger charge is 2.22. The van der Waals surface area contributed by atoms with Crippen LogP contribution in [0.25, 0.3) is 5.83 Å². The summed E-state index contributed by atoms with van der Waals surface area (Å²) in [4.78, 5) is 0. The highest BCUT2D eigenvalue weighted by molar-refractivity contribution is 6.30. The second-order valence-corrected chi connectivity index (χ2v) is 6.97. The molecule has 0 saturated carbocycles. The fourth-order valence-corrected chi connectivity index (χ4v) is 3.41. The van der Waals surface area contributed by atoms with Crippen molar-refractivity contribution in [1.82, 2.24) is 0 Å². The van der Waals surface area contributed by atoms with Gasteiger partial charge in [-0.3, -0.25) is 0 Å². The predicted molar refractivity (Wildman–Crippen MR) is 110 cm³/mol. The smallest absolute Gasteiger partial charge is 0.130 e. The fraction of sp³-hybridized carbons (Fsp3) is 0.130. The highest BCUT2D eigenvalue weighted by Crippen LogP contribution is 2.39. The molecule has 0 fully saturated rings. The third kappa shape index (κ3) is 4.17. The van der Waals surface area contributed by atoms with Crippen LogP contribution >= 0.6 is 23.2 Å². The van der Waals surface area contributed by atoms with Gasteiger partial charge >= 0.3 is 0 Å². The van der Waals surface area contributed by atoms with Crippen LogP contribution in [0, 0.1) is 0 Å². The number of benzene rings is 3. The van der Waals surface area contributed by atoms with Crippen LogP contribution in [0.5, 0.6) is 0 Å². The molecule has 0 amide bonds. The van der Waals surface area contributed by atoms with E-state index >= 15 is 4.39 Å². The van der Waals surface area contributed by atoms with Gasteiger partial charge in [0, 0.05) is 21.5 Å². The molecule has 3 aromatic carbocycles. The van der Waals surface area contributed by atoms with Gasteiger partial charge in [0.1, 0.15) is 5.83 Å². The highest BCUT2D eigenvalue weighted by atomic mass is 35.5. The summed E-state index contributed by atoms with van der Waals surface area (Å²) < 4.78 is 15.4. The fourth-order valence-electron chi connectivity index (χ4n) is 3.16. The summed E-state index contributed by atoms with van der Waals surface area (Å²) in [5, 5.41) is 1.32. The molecule has 0 nitrogen and oxygen atoms in total. The van der Waals surface area contributed by atoms with E-state index in [1.807, 2.05) is 73.7 Å². The van der Waals surface area contributed by atoms with Crippen molar-refractivity contribution in [3.63, 3.8) is 0 Å². The van der Waals surface area contributed by atoms with Crippen LogP contribution in [0.15, 0.2) is 84.4 Å². The second-order valence-electron chi connectivity index (χ2n) is 6.09. The van der Waals surface area contributed by atoms with Gasteiger partial charge in [0.05, 0.1) is 0 Å². The Morgan fingerprint density at radius 3 is 1.65 bits per heavy atom. The Labute approximate surface area is 163 Å².